The van der Waals surface area contributed by atoms with Gasteiger partial charge in [-0.1, -0.05) is 56.3 Å². The number of nitrogens with zero attached hydrogens (tertiary/aromatic N) is 5. The number of rotatable bonds is 9. The van der Waals surface area contributed by atoms with Gasteiger partial charge in [0.2, 0.25) is 5.95 Å². The molecular weight excluding hydrogens is 358 g/mol. The Balaban J connectivity index is 1.58. The van der Waals surface area contributed by atoms with Crippen LogP contribution in [0.3, 0.4) is 0 Å². The normalized spacial score (nSPS) is 15.2. The van der Waals surface area contributed by atoms with Gasteiger partial charge in [0, 0.05) is 57.6 Å². The van der Waals surface area contributed by atoms with Crippen LogP contribution in [-0.2, 0) is 0 Å². The average molecular weight is 394 g/mol. The van der Waals surface area contributed by atoms with Crippen molar-refractivity contribution in [3.8, 4) is 0 Å². The average Bonchev–Trinajstić information content (AvgIpc) is 2.74. The van der Waals surface area contributed by atoms with Crippen LogP contribution in [0.2, 0.25) is 0 Å². The lowest BCUT2D eigenvalue weighted by Crippen LogP contribution is -2.47. The third kappa shape index (κ3) is 6.29. The maximum atomic E-state index is 4.93. The van der Waals surface area contributed by atoms with Crippen molar-refractivity contribution in [2.75, 3.05) is 55.6 Å². The molecule has 0 aliphatic carbocycles. The Morgan fingerprint density at radius 2 is 1.66 bits per heavy atom. The van der Waals surface area contributed by atoms with Gasteiger partial charge in [0.05, 0.1) is 0 Å². The minimum atomic E-state index is 0.886. The van der Waals surface area contributed by atoms with E-state index in [4.69, 9.17) is 9.97 Å². The Morgan fingerprint density at radius 3 is 2.31 bits per heavy atom. The summed E-state index contributed by atoms with van der Waals surface area (Å²) in [6.07, 6.45) is 6.74. The number of hydrogen-bond acceptors (Lipinski definition) is 5. The molecule has 0 radical (unpaired) electrons. The fourth-order valence-electron chi connectivity index (χ4n) is 3.75. The van der Waals surface area contributed by atoms with Gasteiger partial charge >= 0.3 is 0 Å². The van der Waals surface area contributed by atoms with Crippen LogP contribution in [0.5, 0.6) is 0 Å². The third-order valence-corrected chi connectivity index (χ3v) is 5.27. The van der Waals surface area contributed by atoms with Gasteiger partial charge in [-0.3, -0.25) is 4.90 Å². The van der Waals surface area contributed by atoms with E-state index in [0.717, 1.165) is 76.1 Å². The molecule has 0 atom stereocenters. The molecule has 1 fully saturated rings. The van der Waals surface area contributed by atoms with Crippen molar-refractivity contribution < 1.29 is 0 Å². The molecule has 0 unspecified atom stereocenters. The lowest BCUT2D eigenvalue weighted by Gasteiger charge is -2.34. The molecule has 156 valence electrons. The van der Waals surface area contributed by atoms with Crippen molar-refractivity contribution in [1.82, 2.24) is 14.9 Å². The smallest absolute Gasteiger partial charge is 0.227 e. The summed E-state index contributed by atoms with van der Waals surface area (Å²) in [6.45, 7) is 13.6. The first-order valence-electron chi connectivity index (χ1n) is 11.0. The Hall–Kier alpha value is -2.40. The van der Waals surface area contributed by atoms with Gasteiger partial charge in [-0.2, -0.15) is 4.98 Å². The van der Waals surface area contributed by atoms with Gasteiger partial charge in [-0.15, -0.1) is 0 Å². The summed E-state index contributed by atoms with van der Waals surface area (Å²) in [6, 6.07) is 12.6. The summed E-state index contributed by atoms with van der Waals surface area (Å²) < 4.78 is 0. The van der Waals surface area contributed by atoms with Gasteiger partial charge in [-0.05, 0) is 25.3 Å². The van der Waals surface area contributed by atoms with Crippen LogP contribution < -0.4 is 9.80 Å². The zero-order valence-corrected chi connectivity index (χ0v) is 18.2. The fourth-order valence-corrected chi connectivity index (χ4v) is 3.75. The molecule has 0 spiro atoms. The predicted molar refractivity (Wildman–Crippen MR) is 124 cm³/mol. The Bertz CT molecular complexity index is 760. The van der Waals surface area contributed by atoms with Crippen molar-refractivity contribution in [3.63, 3.8) is 0 Å². The van der Waals surface area contributed by atoms with Gasteiger partial charge < -0.3 is 9.80 Å². The van der Waals surface area contributed by atoms with E-state index in [1.165, 1.54) is 5.56 Å². The zero-order valence-electron chi connectivity index (χ0n) is 18.2. The Morgan fingerprint density at radius 1 is 0.966 bits per heavy atom. The van der Waals surface area contributed by atoms with E-state index < -0.39 is 0 Å². The highest BCUT2D eigenvalue weighted by Crippen LogP contribution is 2.19. The van der Waals surface area contributed by atoms with Crippen LogP contribution in [0, 0.1) is 6.92 Å². The van der Waals surface area contributed by atoms with Gasteiger partial charge in [-0.25, -0.2) is 4.98 Å². The molecule has 0 saturated carbocycles. The summed E-state index contributed by atoms with van der Waals surface area (Å²) >= 11 is 0. The minimum absolute atomic E-state index is 0.886. The van der Waals surface area contributed by atoms with E-state index in [2.05, 4.69) is 84.0 Å². The molecule has 0 bridgehead atoms. The van der Waals surface area contributed by atoms with E-state index in [0.29, 0.717) is 0 Å². The summed E-state index contributed by atoms with van der Waals surface area (Å²) in [7, 11) is 0. The second kappa shape index (κ2) is 11.0. The van der Waals surface area contributed by atoms with Crippen molar-refractivity contribution >= 4 is 17.8 Å². The van der Waals surface area contributed by atoms with Crippen LogP contribution >= 0.6 is 0 Å². The lowest BCUT2D eigenvalue weighted by molar-refractivity contribution is 0.283. The van der Waals surface area contributed by atoms with Crippen molar-refractivity contribution in [1.29, 1.82) is 0 Å². The maximum absolute atomic E-state index is 4.93. The first-order valence-corrected chi connectivity index (χ1v) is 11.0. The summed E-state index contributed by atoms with van der Waals surface area (Å²) in [4.78, 5) is 16.9. The van der Waals surface area contributed by atoms with E-state index in [9.17, 15) is 0 Å². The first-order chi connectivity index (χ1) is 14.2. The number of aromatic nitrogens is 2. The van der Waals surface area contributed by atoms with Gasteiger partial charge in [0.15, 0.2) is 0 Å². The Labute approximate surface area is 176 Å². The molecule has 2 heterocycles. The second-order valence-corrected chi connectivity index (χ2v) is 7.76. The molecule has 5 heteroatoms. The second-order valence-electron chi connectivity index (χ2n) is 7.76. The minimum Gasteiger partial charge on any atom is -0.356 e. The van der Waals surface area contributed by atoms with Crippen LogP contribution in [0.4, 0.5) is 11.8 Å². The van der Waals surface area contributed by atoms with Crippen molar-refractivity contribution in [2.24, 2.45) is 0 Å². The molecule has 1 aromatic heterocycles. The summed E-state index contributed by atoms with van der Waals surface area (Å²) in [5, 5.41) is 0. The molecule has 1 saturated heterocycles. The predicted octanol–water partition coefficient (Wildman–Crippen LogP) is 4.25. The van der Waals surface area contributed by atoms with Crippen molar-refractivity contribution in [3.05, 3.63) is 53.7 Å². The van der Waals surface area contributed by atoms with Crippen LogP contribution in [-0.4, -0.2) is 60.7 Å². The SMILES string of the molecule is CCCN(CCC)c1cc(C)nc(N2CCN(C/C=C/c3ccccc3)CC2)n1. The first kappa shape index (κ1) is 21.3. The molecular formula is C24H35N5. The summed E-state index contributed by atoms with van der Waals surface area (Å²) in [5.41, 5.74) is 2.31. The molecule has 3 rings (SSSR count). The van der Waals surface area contributed by atoms with E-state index in [-0.39, 0.29) is 0 Å². The highest BCUT2D eigenvalue weighted by molar-refractivity contribution is 5.49. The molecule has 29 heavy (non-hydrogen) atoms. The molecule has 0 N–H and O–H groups in total. The molecule has 0 amide bonds. The van der Waals surface area contributed by atoms with Gasteiger partial charge in [0.1, 0.15) is 5.82 Å². The quantitative estimate of drug-likeness (QED) is 0.636. The number of piperazine rings is 1. The Kier molecular flexibility index (Phi) is 8.05. The number of hydrogen-bond donors (Lipinski definition) is 0. The van der Waals surface area contributed by atoms with Crippen LogP contribution in [0.25, 0.3) is 6.08 Å². The van der Waals surface area contributed by atoms with Crippen molar-refractivity contribution in [2.45, 2.75) is 33.6 Å². The zero-order chi connectivity index (χ0) is 20.5. The van der Waals surface area contributed by atoms with E-state index in [1.54, 1.807) is 0 Å². The molecule has 1 aromatic carbocycles. The fraction of sp³-hybridized carbons (Fsp3) is 0.500. The van der Waals surface area contributed by atoms with Crippen LogP contribution in [0.15, 0.2) is 42.5 Å². The maximum Gasteiger partial charge on any atom is 0.227 e. The largest absolute Gasteiger partial charge is 0.356 e. The number of anilines is 2. The van der Waals surface area contributed by atoms with Gasteiger partial charge in [0.25, 0.3) is 0 Å². The topological polar surface area (TPSA) is 35.5 Å². The van der Waals surface area contributed by atoms with Crippen LogP contribution in [0.1, 0.15) is 37.9 Å². The molecule has 5 nitrogen and oxygen atoms in total. The standard InChI is InChI=1S/C24H35N5/c1-4-13-28(14-5-2)23-20-21(3)25-24(26-23)29-18-16-27(17-19-29)15-9-12-22-10-7-6-8-11-22/h6-12,20H,4-5,13-19H2,1-3H3/b12-9+. The summed E-state index contributed by atoms with van der Waals surface area (Å²) in [5.74, 6) is 1.96. The highest BCUT2D eigenvalue weighted by Gasteiger charge is 2.20. The van der Waals surface area contributed by atoms with E-state index in [1.807, 2.05) is 0 Å². The molecule has 1 aliphatic rings. The number of benzene rings is 1. The monoisotopic (exact) mass is 393 g/mol. The molecule has 2 aromatic rings. The number of aryl methyl sites for hydroxylation is 1. The van der Waals surface area contributed by atoms with E-state index >= 15 is 0 Å². The highest BCUT2D eigenvalue weighted by atomic mass is 15.3. The third-order valence-electron chi connectivity index (χ3n) is 5.27. The lowest BCUT2D eigenvalue weighted by atomic mass is 10.2. The molecule has 1 aliphatic heterocycles.